The van der Waals surface area contributed by atoms with E-state index in [1.165, 1.54) is 0 Å². The monoisotopic (exact) mass is 215 g/mol. The standard InChI is InChI=1S/C10H13NO2.ClH/c11-9-6-4-8(5-7-9)2-1-3-10(12)13;/h4-7H,1-3,11H2,(H,12,13);1H. The van der Waals surface area contributed by atoms with Crippen LogP contribution in [0.1, 0.15) is 18.4 Å². The number of carboxylic acid groups (broad SMARTS) is 1. The normalized spacial score (nSPS) is 9.14. The lowest BCUT2D eigenvalue weighted by Crippen LogP contribution is -1.96. The summed E-state index contributed by atoms with van der Waals surface area (Å²) in [6, 6.07) is 7.51. The fourth-order valence-electron chi connectivity index (χ4n) is 1.13. The van der Waals surface area contributed by atoms with E-state index in [0.29, 0.717) is 6.42 Å². The third kappa shape index (κ3) is 4.72. The van der Waals surface area contributed by atoms with Gasteiger partial charge in [0.05, 0.1) is 0 Å². The first-order chi connectivity index (χ1) is 6.18. The van der Waals surface area contributed by atoms with Crippen LogP contribution in [0.2, 0.25) is 0 Å². The van der Waals surface area contributed by atoms with E-state index < -0.39 is 5.97 Å². The number of carboxylic acids is 1. The second-order valence-corrected chi connectivity index (χ2v) is 2.99. The van der Waals surface area contributed by atoms with Crippen molar-refractivity contribution >= 4 is 24.1 Å². The van der Waals surface area contributed by atoms with Crippen LogP contribution in [0.15, 0.2) is 24.3 Å². The van der Waals surface area contributed by atoms with Crippen molar-refractivity contribution in [1.82, 2.24) is 0 Å². The molecule has 0 fully saturated rings. The molecule has 0 aromatic heterocycles. The van der Waals surface area contributed by atoms with Gasteiger partial charge >= 0.3 is 5.97 Å². The summed E-state index contributed by atoms with van der Waals surface area (Å²) in [6.07, 6.45) is 1.70. The predicted octanol–water partition coefficient (Wildman–Crippen LogP) is 2.10. The van der Waals surface area contributed by atoms with Crippen LogP contribution in [-0.2, 0) is 11.2 Å². The van der Waals surface area contributed by atoms with E-state index >= 15 is 0 Å². The van der Waals surface area contributed by atoms with Crippen LogP contribution >= 0.6 is 12.4 Å². The molecular formula is C10H14ClNO2. The summed E-state index contributed by atoms with van der Waals surface area (Å²) in [7, 11) is 0. The number of aryl methyl sites for hydroxylation is 1. The van der Waals surface area contributed by atoms with Crippen molar-refractivity contribution in [2.24, 2.45) is 0 Å². The molecule has 0 radical (unpaired) electrons. The third-order valence-corrected chi connectivity index (χ3v) is 1.84. The maximum absolute atomic E-state index is 10.2. The molecule has 0 heterocycles. The molecular weight excluding hydrogens is 202 g/mol. The van der Waals surface area contributed by atoms with Crippen LogP contribution in [0.25, 0.3) is 0 Å². The van der Waals surface area contributed by atoms with Crippen LogP contribution < -0.4 is 5.73 Å². The smallest absolute Gasteiger partial charge is 0.303 e. The summed E-state index contributed by atoms with van der Waals surface area (Å²) in [6.45, 7) is 0. The highest BCUT2D eigenvalue weighted by atomic mass is 35.5. The Hall–Kier alpha value is -1.22. The lowest BCUT2D eigenvalue weighted by molar-refractivity contribution is -0.137. The van der Waals surface area contributed by atoms with E-state index in [0.717, 1.165) is 17.7 Å². The van der Waals surface area contributed by atoms with Crippen molar-refractivity contribution in [3.63, 3.8) is 0 Å². The van der Waals surface area contributed by atoms with Gasteiger partial charge in [0.2, 0.25) is 0 Å². The Labute approximate surface area is 89.3 Å². The highest BCUT2D eigenvalue weighted by Crippen LogP contribution is 2.08. The Morgan fingerprint density at radius 1 is 1.29 bits per heavy atom. The second-order valence-electron chi connectivity index (χ2n) is 2.99. The van der Waals surface area contributed by atoms with Crippen LogP contribution in [-0.4, -0.2) is 11.1 Å². The fourth-order valence-corrected chi connectivity index (χ4v) is 1.13. The molecule has 3 nitrogen and oxygen atoms in total. The minimum Gasteiger partial charge on any atom is -0.481 e. The second kappa shape index (κ2) is 6.27. The number of rotatable bonds is 4. The Morgan fingerprint density at radius 2 is 1.86 bits per heavy atom. The largest absolute Gasteiger partial charge is 0.481 e. The van der Waals surface area contributed by atoms with Gasteiger partial charge in [-0.2, -0.15) is 0 Å². The first-order valence-corrected chi connectivity index (χ1v) is 4.24. The molecule has 0 saturated carbocycles. The molecule has 0 unspecified atom stereocenters. The van der Waals surface area contributed by atoms with Gasteiger partial charge in [0.25, 0.3) is 0 Å². The molecule has 78 valence electrons. The highest BCUT2D eigenvalue weighted by molar-refractivity contribution is 5.85. The summed E-state index contributed by atoms with van der Waals surface area (Å²) < 4.78 is 0. The molecule has 0 saturated heterocycles. The maximum atomic E-state index is 10.2. The molecule has 1 rings (SSSR count). The molecule has 0 atom stereocenters. The zero-order valence-corrected chi connectivity index (χ0v) is 8.59. The minimum absolute atomic E-state index is 0. The van der Waals surface area contributed by atoms with Crippen LogP contribution in [0.5, 0.6) is 0 Å². The van der Waals surface area contributed by atoms with Crippen molar-refractivity contribution in [2.75, 3.05) is 5.73 Å². The number of anilines is 1. The van der Waals surface area contributed by atoms with E-state index in [1.807, 2.05) is 24.3 Å². The highest BCUT2D eigenvalue weighted by Gasteiger charge is 1.97. The zero-order chi connectivity index (χ0) is 9.68. The summed E-state index contributed by atoms with van der Waals surface area (Å²) in [4.78, 5) is 10.2. The van der Waals surface area contributed by atoms with Crippen LogP contribution in [0, 0.1) is 0 Å². The molecule has 1 aromatic rings. The lowest BCUT2D eigenvalue weighted by atomic mass is 10.1. The van der Waals surface area contributed by atoms with Gasteiger partial charge in [-0.15, -0.1) is 12.4 Å². The molecule has 0 aliphatic rings. The van der Waals surface area contributed by atoms with E-state index in [2.05, 4.69) is 0 Å². The molecule has 4 heteroatoms. The van der Waals surface area contributed by atoms with Gasteiger partial charge in [0.15, 0.2) is 0 Å². The Bertz CT molecular complexity index is 285. The number of nitrogens with two attached hydrogens (primary N) is 1. The molecule has 0 spiro atoms. The van der Waals surface area contributed by atoms with Gasteiger partial charge in [0, 0.05) is 12.1 Å². The quantitative estimate of drug-likeness (QED) is 0.756. The van der Waals surface area contributed by atoms with Gasteiger partial charge < -0.3 is 10.8 Å². The number of nitrogen functional groups attached to an aromatic ring is 1. The van der Waals surface area contributed by atoms with E-state index in [-0.39, 0.29) is 18.8 Å². The van der Waals surface area contributed by atoms with Crippen molar-refractivity contribution in [1.29, 1.82) is 0 Å². The van der Waals surface area contributed by atoms with E-state index in [9.17, 15) is 4.79 Å². The average Bonchev–Trinajstić information content (AvgIpc) is 2.08. The van der Waals surface area contributed by atoms with Gasteiger partial charge in [-0.25, -0.2) is 0 Å². The molecule has 0 aliphatic heterocycles. The van der Waals surface area contributed by atoms with E-state index in [1.54, 1.807) is 0 Å². The SMILES string of the molecule is Cl.Nc1ccc(CCCC(=O)O)cc1. The Morgan fingerprint density at radius 3 is 2.36 bits per heavy atom. The number of benzene rings is 1. The topological polar surface area (TPSA) is 63.3 Å². The number of hydrogen-bond acceptors (Lipinski definition) is 2. The van der Waals surface area contributed by atoms with Gasteiger partial charge in [-0.05, 0) is 30.5 Å². The number of halogens is 1. The van der Waals surface area contributed by atoms with Crippen molar-refractivity contribution in [3.05, 3.63) is 29.8 Å². The van der Waals surface area contributed by atoms with Gasteiger partial charge in [-0.1, -0.05) is 12.1 Å². The molecule has 0 aliphatic carbocycles. The lowest BCUT2D eigenvalue weighted by Gasteiger charge is -1.99. The summed E-state index contributed by atoms with van der Waals surface area (Å²) in [5, 5.41) is 8.42. The molecule has 0 amide bonds. The Kier molecular flexibility index (Phi) is 5.72. The fraction of sp³-hybridized carbons (Fsp3) is 0.300. The minimum atomic E-state index is -0.740. The first-order valence-electron chi connectivity index (χ1n) is 4.24. The number of hydrogen-bond donors (Lipinski definition) is 2. The number of aliphatic carboxylic acids is 1. The predicted molar refractivity (Wildman–Crippen MR) is 58.7 cm³/mol. The van der Waals surface area contributed by atoms with Crippen molar-refractivity contribution in [3.8, 4) is 0 Å². The van der Waals surface area contributed by atoms with Crippen LogP contribution in [0.3, 0.4) is 0 Å². The summed E-state index contributed by atoms with van der Waals surface area (Å²) in [5.41, 5.74) is 7.38. The molecule has 14 heavy (non-hydrogen) atoms. The first kappa shape index (κ1) is 12.8. The average molecular weight is 216 g/mol. The third-order valence-electron chi connectivity index (χ3n) is 1.84. The van der Waals surface area contributed by atoms with E-state index in [4.69, 9.17) is 10.8 Å². The van der Waals surface area contributed by atoms with Gasteiger partial charge in [-0.3, -0.25) is 4.79 Å². The van der Waals surface area contributed by atoms with Crippen LogP contribution in [0.4, 0.5) is 5.69 Å². The Balaban J connectivity index is 0.00000169. The zero-order valence-electron chi connectivity index (χ0n) is 7.77. The summed E-state index contributed by atoms with van der Waals surface area (Å²) in [5.74, 6) is -0.740. The maximum Gasteiger partial charge on any atom is 0.303 e. The summed E-state index contributed by atoms with van der Waals surface area (Å²) >= 11 is 0. The van der Waals surface area contributed by atoms with Crippen molar-refractivity contribution < 1.29 is 9.90 Å². The van der Waals surface area contributed by atoms with Crippen molar-refractivity contribution in [2.45, 2.75) is 19.3 Å². The molecule has 0 bridgehead atoms. The number of carbonyl (C=O) groups is 1. The molecule has 3 N–H and O–H groups in total. The molecule has 1 aromatic carbocycles. The van der Waals surface area contributed by atoms with Gasteiger partial charge in [0.1, 0.15) is 0 Å².